The molecule has 2 aromatic heterocycles. The predicted molar refractivity (Wildman–Crippen MR) is 108 cm³/mol. The van der Waals surface area contributed by atoms with Gasteiger partial charge in [-0.3, -0.25) is 9.71 Å². The molecule has 0 bridgehead atoms. The Morgan fingerprint density at radius 2 is 1.72 bits per heavy atom. The maximum absolute atomic E-state index is 13.0. The van der Waals surface area contributed by atoms with Gasteiger partial charge < -0.3 is 4.74 Å². The number of aromatic nitrogens is 2. The van der Waals surface area contributed by atoms with Gasteiger partial charge in [-0.05, 0) is 42.5 Å². The number of fused-ring (bicyclic) bond motifs is 1. The molecule has 0 saturated carbocycles. The highest BCUT2D eigenvalue weighted by Crippen LogP contribution is 2.30. The highest BCUT2D eigenvalue weighted by Gasteiger charge is 2.16. The van der Waals surface area contributed by atoms with Gasteiger partial charge in [0.25, 0.3) is 10.0 Å². The molecular weight excluding hydrogens is 417 g/mol. The van der Waals surface area contributed by atoms with Crippen molar-refractivity contribution in [2.24, 2.45) is 0 Å². The van der Waals surface area contributed by atoms with E-state index < -0.39 is 15.8 Å². The molecule has 0 amide bonds. The summed E-state index contributed by atoms with van der Waals surface area (Å²) in [7, 11) is -3.91. The third kappa shape index (κ3) is 4.28. The van der Waals surface area contributed by atoms with Crippen molar-refractivity contribution >= 4 is 38.2 Å². The number of ether oxygens (including phenoxy) is 1. The van der Waals surface area contributed by atoms with E-state index in [-0.39, 0.29) is 21.5 Å². The van der Waals surface area contributed by atoms with Gasteiger partial charge in [0, 0.05) is 5.39 Å². The van der Waals surface area contributed by atoms with E-state index in [9.17, 15) is 12.8 Å². The predicted octanol–water partition coefficient (Wildman–Crippen LogP) is 5.02. The van der Waals surface area contributed by atoms with E-state index in [0.717, 1.165) is 35.2 Å². The van der Waals surface area contributed by atoms with E-state index in [1.54, 1.807) is 12.3 Å². The van der Waals surface area contributed by atoms with Crippen molar-refractivity contribution in [3.05, 3.63) is 83.9 Å². The van der Waals surface area contributed by atoms with Gasteiger partial charge in [0.15, 0.2) is 0 Å². The largest absolute Gasteiger partial charge is 0.436 e. The molecule has 2 heterocycles. The number of sulfonamides is 1. The van der Waals surface area contributed by atoms with Crippen molar-refractivity contribution in [2.45, 2.75) is 4.90 Å². The molecule has 0 atom stereocenters. The van der Waals surface area contributed by atoms with Gasteiger partial charge in [-0.25, -0.2) is 17.8 Å². The molecule has 0 radical (unpaired) electrons. The zero-order valence-electron chi connectivity index (χ0n) is 14.7. The SMILES string of the molecule is O=S(=O)(Nc1cnc(Oc2cnc3ccccc3c2)c(Cl)c1)c1ccc(F)cc1. The molecule has 1 N–H and O–H groups in total. The second-order valence-corrected chi connectivity index (χ2v) is 8.13. The number of para-hydroxylation sites is 1. The molecule has 6 nitrogen and oxygen atoms in total. The summed E-state index contributed by atoms with van der Waals surface area (Å²) < 4.78 is 45.8. The van der Waals surface area contributed by atoms with E-state index in [1.807, 2.05) is 24.3 Å². The Morgan fingerprint density at radius 3 is 2.48 bits per heavy atom. The molecular formula is C20H13ClFN3O3S. The highest BCUT2D eigenvalue weighted by molar-refractivity contribution is 7.92. The van der Waals surface area contributed by atoms with Crippen LogP contribution in [0, 0.1) is 5.82 Å². The number of nitrogens with one attached hydrogen (secondary N) is 1. The summed E-state index contributed by atoms with van der Waals surface area (Å²) in [6, 6.07) is 15.2. The number of nitrogens with zero attached hydrogens (tertiary/aromatic N) is 2. The third-order valence-corrected chi connectivity index (χ3v) is 5.63. The fourth-order valence-electron chi connectivity index (χ4n) is 2.60. The van der Waals surface area contributed by atoms with Crippen molar-refractivity contribution in [3.63, 3.8) is 0 Å². The summed E-state index contributed by atoms with van der Waals surface area (Å²) in [4.78, 5) is 8.29. The number of hydrogen-bond acceptors (Lipinski definition) is 5. The molecule has 4 aromatic rings. The van der Waals surface area contributed by atoms with Gasteiger partial charge in [-0.2, -0.15) is 0 Å². The van der Waals surface area contributed by atoms with Crippen LogP contribution in [0.15, 0.2) is 78.0 Å². The minimum absolute atomic E-state index is 0.0856. The molecule has 2 aromatic carbocycles. The van der Waals surface area contributed by atoms with Gasteiger partial charge in [0.05, 0.1) is 28.5 Å². The number of benzene rings is 2. The topological polar surface area (TPSA) is 81.2 Å². The van der Waals surface area contributed by atoms with Crippen LogP contribution < -0.4 is 9.46 Å². The normalized spacial score (nSPS) is 11.4. The standard InChI is InChI=1S/C20H13ClFN3O3S/c21-18-10-15(25-29(26,27)17-7-5-14(22)6-8-17)11-24-20(18)28-16-9-13-3-1-2-4-19(13)23-12-16/h1-12,25H. The number of hydrogen-bond donors (Lipinski definition) is 1. The summed E-state index contributed by atoms with van der Waals surface area (Å²) in [5.41, 5.74) is 0.966. The average Bonchev–Trinajstić information content (AvgIpc) is 2.70. The van der Waals surface area contributed by atoms with E-state index in [0.29, 0.717) is 5.75 Å². The fraction of sp³-hybridized carbons (Fsp3) is 0. The smallest absolute Gasteiger partial charge is 0.261 e. The maximum atomic E-state index is 13.0. The fourth-order valence-corrected chi connectivity index (χ4v) is 3.84. The van der Waals surface area contributed by atoms with Gasteiger partial charge in [-0.1, -0.05) is 29.8 Å². The minimum atomic E-state index is -3.91. The average molecular weight is 430 g/mol. The van der Waals surface area contributed by atoms with Crippen LogP contribution in [0.1, 0.15) is 0 Å². The van der Waals surface area contributed by atoms with Crippen molar-refractivity contribution in [1.82, 2.24) is 9.97 Å². The number of anilines is 1. The molecule has 146 valence electrons. The first-order valence-electron chi connectivity index (χ1n) is 8.37. The third-order valence-electron chi connectivity index (χ3n) is 3.96. The molecule has 0 fully saturated rings. The van der Waals surface area contributed by atoms with Crippen LogP contribution in [0.3, 0.4) is 0 Å². The second-order valence-electron chi connectivity index (χ2n) is 6.04. The zero-order chi connectivity index (χ0) is 20.4. The van der Waals surface area contributed by atoms with Crippen molar-refractivity contribution in [1.29, 1.82) is 0 Å². The highest BCUT2D eigenvalue weighted by atomic mass is 35.5. The molecule has 0 saturated heterocycles. The zero-order valence-corrected chi connectivity index (χ0v) is 16.3. The summed E-state index contributed by atoms with van der Waals surface area (Å²) in [6.45, 7) is 0. The van der Waals surface area contributed by atoms with Gasteiger partial charge in [-0.15, -0.1) is 0 Å². The first kappa shape index (κ1) is 19.1. The molecule has 0 aliphatic carbocycles. The molecule has 0 aliphatic heterocycles. The quantitative estimate of drug-likeness (QED) is 0.482. The molecule has 0 unspecified atom stereocenters. The Kier molecular flexibility index (Phi) is 5.04. The summed E-state index contributed by atoms with van der Waals surface area (Å²) >= 11 is 6.20. The van der Waals surface area contributed by atoms with Gasteiger partial charge >= 0.3 is 0 Å². The van der Waals surface area contributed by atoms with E-state index in [4.69, 9.17) is 16.3 Å². The van der Waals surface area contributed by atoms with Crippen LogP contribution in [0.25, 0.3) is 10.9 Å². The van der Waals surface area contributed by atoms with E-state index >= 15 is 0 Å². The Balaban J connectivity index is 1.55. The maximum Gasteiger partial charge on any atom is 0.261 e. The Hall–Kier alpha value is -3.23. The molecule has 0 aliphatic rings. The molecule has 4 rings (SSSR count). The van der Waals surface area contributed by atoms with Gasteiger partial charge in [0.2, 0.25) is 5.88 Å². The molecule has 29 heavy (non-hydrogen) atoms. The first-order valence-corrected chi connectivity index (χ1v) is 10.2. The second kappa shape index (κ2) is 7.65. The molecule has 9 heteroatoms. The lowest BCUT2D eigenvalue weighted by atomic mass is 10.2. The number of rotatable bonds is 5. The molecule has 0 spiro atoms. The monoisotopic (exact) mass is 429 g/mol. The summed E-state index contributed by atoms with van der Waals surface area (Å²) in [5.74, 6) is 0.0181. The van der Waals surface area contributed by atoms with Crippen LogP contribution >= 0.6 is 11.6 Å². The van der Waals surface area contributed by atoms with E-state index in [1.165, 1.54) is 12.3 Å². The van der Waals surface area contributed by atoms with Crippen LogP contribution in [-0.4, -0.2) is 18.4 Å². The summed E-state index contributed by atoms with van der Waals surface area (Å²) in [5, 5.41) is 1.00. The minimum Gasteiger partial charge on any atom is -0.436 e. The lowest BCUT2D eigenvalue weighted by Gasteiger charge is -2.11. The Labute approximate surface area is 171 Å². The van der Waals surface area contributed by atoms with Crippen LogP contribution in [-0.2, 0) is 10.0 Å². The number of pyridine rings is 2. The van der Waals surface area contributed by atoms with Crippen LogP contribution in [0.2, 0.25) is 5.02 Å². The van der Waals surface area contributed by atoms with Crippen molar-refractivity contribution in [3.8, 4) is 11.6 Å². The van der Waals surface area contributed by atoms with E-state index in [2.05, 4.69) is 14.7 Å². The summed E-state index contributed by atoms with van der Waals surface area (Å²) in [6.07, 6.45) is 2.82. The first-order chi connectivity index (χ1) is 13.9. The van der Waals surface area contributed by atoms with Gasteiger partial charge in [0.1, 0.15) is 16.6 Å². The lowest BCUT2D eigenvalue weighted by molar-refractivity contribution is 0.462. The lowest BCUT2D eigenvalue weighted by Crippen LogP contribution is -2.13. The van der Waals surface area contributed by atoms with Crippen molar-refractivity contribution in [2.75, 3.05) is 4.72 Å². The Morgan fingerprint density at radius 1 is 0.966 bits per heavy atom. The van der Waals surface area contributed by atoms with Crippen LogP contribution in [0.5, 0.6) is 11.6 Å². The Bertz CT molecular complexity index is 1300. The number of halogens is 2. The van der Waals surface area contributed by atoms with Crippen LogP contribution in [0.4, 0.5) is 10.1 Å². The van der Waals surface area contributed by atoms with Crippen molar-refractivity contribution < 1.29 is 17.5 Å².